The molecule has 1 rings (SSSR count). The van der Waals surface area contributed by atoms with E-state index in [0.717, 1.165) is 9.80 Å². The van der Waals surface area contributed by atoms with Gasteiger partial charge in [0.15, 0.2) is 0 Å². The van der Waals surface area contributed by atoms with Crippen LogP contribution in [0, 0.1) is 0 Å². The molecule has 0 aliphatic carbocycles. The third kappa shape index (κ3) is 3.23. The van der Waals surface area contributed by atoms with Crippen LogP contribution in [0.2, 0.25) is 0 Å². The Morgan fingerprint density at radius 2 is 1.94 bits per heavy atom. The molecular weight excluding hydrogens is 246 g/mol. The molecule has 102 valence electrons. The van der Waals surface area contributed by atoms with Gasteiger partial charge in [0.1, 0.15) is 12.8 Å². The molecular formula is C9H15N3O6. The SMILES string of the molecule is COCNC(=O)[C@H]1CN(C(=O)O)CCN1C(=O)O. The van der Waals surface area contributed by atoms with E-state index >= 15 is 0 Å². The summed E-state index contributed by atoms with van der Waals surface area (Å²) < 4.78 is 4.65. The van der Waals surface area contributed by atoms with Crippen molar-refractivity contribution in [3.63, 3.8) is 0 Å². The summed E-state index contributed by atoms with van der Waals surface area (Å²) in [6.07, 6.45) is -2.43. The molecule has 0 unspecified atom stereocenters. The van der Waals surface area contributed by atoms with Gasteiger partial charge in [0, 0.05) is 20.2 Å². The lowest BCUT2D eigenvalue weighted by Crippen LogP contribution is -2.61. The molecule has 0 aromatic carbocycles. The number of hydrogen-bond acceptors (Lipinski definition) is 4. The van der Waals surface area contributed by atoms with Gasteiger partial charge in [-0.25, -0.2) is 9.59 Å². The Labute approximate surface area is 103 Å². The van der Waals surface area contributed by atoms with Crippen molar-refractivity contribution >= 4 is 18.1 Å². The van der Waals surface area contributed by atoms with E-state index < -0.39 is 24.1 Å². The van der Waals surface area contributed by atoms with Gasteiger partial charge in [0.05, 0.1) is 6.54 Å². The van der Waals surface area contributed by atoms with E-state index in [1.807, 2.05) is 0 Å². The highest BCUT2D eigenvalue weighted by molar-refractivity contribution is 5.86. The third-order valence-electron chi connectivity index (χ3n) is 2.59. The molecule has 3 N–H and O–H groups in total. The number of carbonyl (C=O) groups is 3. The van der Waals surface area contributed by atoms with Gasteiger partial charge in [0.25, 0.3) is 0 Å². The molecule has 9 heteroatoms. The van der Waals surface area contributed by atoms with Crippen LogP contribution < -0.4 is 5.32 Å². The zero-order valence-electron chi connectivity index (χ0n) is 9.83. The second kappa shape index (κ2) is 6.05. The topological polar surface area (TPSA) is 119 Å². The summed E-state index contributed by atoms with van der Waals surface area (Å²) in [6.45, 7) is -0.227. The molecule has 0 bridgehead atoms. The van der Waals surface area contributed by atoms with Gasteiger partial charge >= 0.3 is 12.2 Å². The van der Waals surface area contributed by atoms with E-state index in [2.05, 4.69) is 10.1 Å². The van der Waals surface area contributed by atoms with E-state index in [1.54, 1.807) is 0 Å². The summed E-state index contributed by atoms with van der Waals surface area (Å²) in [7, 11) is 1.37. The Hall–Kier alpha value is -2.03. The van der Waals surface area contributed by atoms with Crippen LogP contribution in [-0.4, -0.2) is 77.6 Å². The number of methoxy groups -OCH3 is 1. The van der Waals surface area contributed by atoms with Crippen LogP contribution in [0.3, 0.4) is 0 Å². The van der Waals surface area contributed by atoms with Crippen LogP contribution in [0.5, 0.6) is 0 Å². The van der Waals surface area contributed by atoms with Gasteiger partial charge in [-0.1, -0.05) is 0 Å². The quantitative estimate of drug-likeness (QED) is 0.563. The van der Waals surface area contributed by atoms with Crippen molar-refractivity contribution in [2.75, 3.05) is 33.5 Å². The molecule has 0 saturated carbocycles. The Morgan fingerprint density at radius 3 is 2.44 bits per heavy atom. The van der Waals surface area contributed by atoms with E-state index in [4.69, 9.17) is 10.2 Å². The number of piperazine rings is 1. The van der Waals surface area contributed by atoms with Crippen molar-refractivity contribution in [3.05, 3.63) is 0 Å². The first-order valence-corrected chi connectivity index (χ1v) is 5.21. The van der Waals surface area contributed by atoms with Gasteiger partial charge in [-0.2, -0.15) is 0 Å². The monoisotopic (exact) mass is 261 g/mol. The lowest BCUT2D eigenvalue weighted by molar-refractivity contribution is -0.129. The Balaban J connectivity index is 2.74. The summed E-state index contributed by atoms with van der Waals surface area (Å²) in [5.74, 6) is -0.579. The van der Waals surface area contributed by atoms with Crippen molar-refractivity contribution in [3.8, 4) is 0 Å². The first kappa shape index (κ1) is 14.0. The second-order valence-corrected chi connectivity index (χ2v) is 3.69. The normalized spacial score (nSPS) is 19.5. The minimum absolute atomic E-state index is 0.0350. The van der Waals surface area contributed by atoms with Gasteiger partial charge in [-0.3, -0.25) is 9.69 Å². The summed E-state index contributed by atoms with van der Waals surface area (Å²) in [5.41, 5.74) is 0. The van der Waals surface area contributed by atoms with Crippen molar-refractivity contribution in [2.45, 2.75) is 6.04 Å². The van der Waals surface area contributed by atoms with Crippen molar-refractivity contribution in [1.29, 1.82) is 0 Å². The van der Waals surface area contributed by atoms with E-state index in [9.17, 15) is 14.4 Å². The maximum absolute atomic E-state index is 11.7. The molecule has 1 fully saturated rings. The van der Waals surface area contributed by atoms with Gasteiger partial charge in [-0.15, -0.1) is 0 Å². The van der Waals surface area contributed by atoms with Crippen molar-refractivity contribution in [1.82, 2.24) is 15.1 Å². The van der Waals surface area contributed by atoms with Crippen molar-refractivity contribution < 1.29 is 29.3 Å². The lowest BCUT2D eigenvalue weighted by atomic mass is 10.1. The smallest absolute Gasteiger partial charge is 0.408 e. The lowest BCUT2D eigenvalue weighted by Gasteiger charge is -2.37. The minimum atomic E-state index is -1.25. The zero-order valence-corrected chi connectivity index (χ0v) is 9.83. The molecule has 0 spiro atoms. The first-order valence-electron chi connectivity index (χ1n) is 5.21. The fourth-order valence-electron chi connectivity index (χ4n) is 1.67. The Morgan fingerprint density at radius 1 is 1.28 bits per heavy atom. The summed E-state index contributed by atoms with van der Waals surface area (Å²) in [4.78, 5) is 35.4. The Kier molecular flexibility index (Phi) is 4.72. The fourth-order valence-corrected chi connectivity index (χ4v) is 1.67. The number of nitrogens with one attached hydrogen (secondary N) is 1. The van der Waals surface area contributed by atoms with Crippen LogP contribution >= 0.6 is 0 Å². The largest absolute Gasteiger partial charge is 0.465 e. The molecule has 1 atom stereocenters. The second-order valence-electron chi connectivity index (χ2n) is 3.69. The molecule has 1 heterocycles. The highest BCUT2D eigenvalue weighted by Crippen LogP contribution is 2.10. The number of carbonyl (C=O) groups excluding carboxylic acids is 1. The molecule has 9 nitrogen and oxygen atoms in total. The van der Waals surface area contributed by atoms with Crippen LogP contribution in [0.4, 0.5) is 9.59 Å². The summed E-state index contributed by atoms with van der Waals surface area (Å²) in [6, 6.07) is -1.05. The number of hydrogen-bond donors (Lipinski definition) is 3. The molecule has 1 aliphatic rings. The fraction of sp³-hybridized carbons (Fsp3) is 0.667. The summed E-state index contributed by atoms with van der Waals surface area (Å²) in [5, 5.41) is 20.2. The maximum Gasteiger partial charge on any atom is 0.408 e. The number of rotatable bonds is 3. The first-order chi connectivity index (χ1) is 8.47. The van der Waals surface area contributed by atoms with Crippen LogP contribution in [-0.2, 0) is 9.53 Å². The number of ether oxygens (including phenoxy) is 1. The average Bonchev–Trinajstić information content (AvgIpc) is 2.34. The van der Waals surface area contributed by atoms with Crippen LogP contribution in [0.25, 0.3) is 0 Å². The molecule has 1 saturated heterocycles. The zero-order chi connectivity index (χ0) is 13.7. The summed E-state index contributed by atoms with van der Waals surface area (Å²) >= 11 is 0. The predicted octanol–water partition coefficient (Wildman–Crippen LogP) is -0.951. The van der Waals surface area contributed by atoms with E-state index in [-0.39, 0.29) is 26.4 Å². The minimum Gasteiger partial charge on any atom is -0.465 e. The number of nitrogens with zero attached hydrogens (tertiary/aromatic N) is 2. The third-order valence-corrected chi connectivity index (χ3v) is 2.59. The van der Waals surface area contributed by atoms with Crippen LogP contribution in [0.1, 0.15) is 0 Å². The predicted molar refractivity (Wildman–Crippen MR) is 58.1 cm³/mol. The van der Waals surface area contributed by atoms with Crippen LogP contribution in [0.15, 0.2) is 0 Å². The van der Waals surface area contributed by atoms with Gasteiger partial charge in [-0.05, 0) is 0 Å². The highest BCUT2D eigenvalue weighted by atomic mass is 16.5. The highest BCUT2D eigenvalue weighted by Gasteiger charge is 2.36. The maximum atomic E-state index is 11.7. The standard InChI is InChI=1S/C9H15N3O6/c1-18-5-10-7(13)6-4-11(8(14)15)2-3-12(6)9(16)17/h6H,2-5H2,1H3,(H,10,13)(H,14,15)(H,16,17)/t6-/m1/s1. The molecule has 1 aliphatic heterocycles. The Bertz CT molecular complexity index is 347. The average molecular weight is 261 g/mol. The van der Waals surface area contributed by atoms with Gasteiger partial charge < -0.3 is 25.2 Å². The molecule has 0 aromatic rings. The van der Waals surface area contributed by atoms with E-state index in [0.29, 0.717) is 0 Å². The molecule has 3 amide bonds. The molecule has 0 aromatic heterocycles. The van der Waals surface area contributed by atoms with Gasteiger partial charge in [0.2, 0.25) is 5.91 Å². The number of carboxylic acid groups (broad SMARTS) is 2. The van der Waals surface area contributed by atoms with Crippen molar-refractivity contribution in [2.24, 2.45) is 0 Å². The molecule has 0 radical (unpaired) electrons. The van der Waals surface area contributed by atoms with E-state index in [1.165, 1.54) is 7.11 Å². The number of amides is 3. The molecule has 18 heavy (non-hydrogen) atoms.